The van der Waals surface area contributed by atoms with Crippen molar-refractivity contribution in [3.63, 3.8) is 0 Å². The van der Waals surface area contributed by atoms with E-state index >= 15 is 0 Å². The fraction of sp³-hybridized carbons (Fsp3) is 0.250. The van der Waals surface area contributed by atoms with Crippen LogP contribution in [0.25, 0.3) is 0 Å². The van der Waals surface area contributed by atoms with Crippen LogP contribution in [0.3, 0.4) is 0 Å². The summed E-state index contributed by atoms with van der Waals surface area (Å²) in [5.74, 6) is 0.136. The van der Waals surface area contributed by atoms with E-state index in [0.29, 0.717) is 24.2 Å². The summed E-state index contributed by atoms with van der Waals surface area (Å²) in [5.41, 5.74) is 1.35. The van der Waals surface area contributed by atoms with Crippen molar-refractivity contribution in [1.82, 2.24) is 0 Å². The first-order valence-corrected chi connectivity index (χ1v) is 6.60. The largest absolute Gasteiger partial charge is 0.508 e. The third-order valence-corrected chi connectivity index (χ3v) is 3.75. The summed E-state index contributed by atoms with van der Waals surface area (Å²) >= 11 is 0. The van der Waals surface area contributed by atoms with Crippen molar-refractivity contribution in [2.24, 2.45) is 0 Å². The number of hydrogen-bond donors (Lipinski definition) is 1. The molecule has 1 aliphatic carbocycles. The molecule has 1 heterocycles. The molecule has 5 heteroatoms. The topological polar surface area (TPSA) is 72.8 Å². The van der Waals surface area contributed by atoms with Gasteiger partial charge in [0.2, 0.25) is 11.6 Å². The molecule has 0 fully saturated rings. The van der Waals surface area contributed by atoms with Crippen LogP contribution in [0.5, 0.6) is 11.5 Å². The number of ether oxygens (including phenoxy) is 2. The Balaban J connectivity index is 2.07. The number of phenolic OH excluding ortho intramolecular Hbond substituents is 1. The molecule has 0 saturated carbocycles. The highest BCUT2D eigenvalue weighted by atomic mass is 16.5. The van der Waals surface area contributed by atoms with Crippen LogP contribution in [0.4, 0.5) is 0 Å². The van der Waals surface area contributed by atoms with Crippen molar-refractivity contribution < 1.29 is 24.2 Å². The number of methoxy groups -OCH3 is 1. The third-order valence-electron chi connectivity index (χ3n) is 3.75. The number of aryl methyl sites for hydroxylation is 1. The van der Waals surface area contributed by atoms with E-state index < -0.39 is 0 Å². The number of phenols is 1. The first-order chi connectivity index (χ1) is 10.0. The smallest absolute Gasteiger partial charge is 0.228 e. The van der Waals surface area contributed by atoms with Crippen molar-refractivity contribution in [3.8, 4) is 11.5 Å². The van der Waals surface area contributed by atoms with Gasteiger partial charge >= 0.3 is 0 Å². The highest BCUT2D eigenvalue weighted by molar-refractivity contribution is 6.23. The minimum atomic E-state index is -0.331. The van der Waals surface area contributed by atoms with Gasteiger partial charge < -0.3 is 14.6 Å². The van der Waals surface area contributed by atoms with Crippen LogP contribution in [-0.4, -0.2) is 23.8 Å². The predicted octanol–water partition coefficient (Wildman–Crippen LogP) is 2.04. The zero-order valence-corrected chi connectivity index (χ0v) is 11.7. The molecular weight excluding hydrogens is 272 g/mol. The summed E-state index contributed by atoms with van der Waals surface area (Å²) in [5, 5.41) is 9.53. The van der Waals surface area contributed by atoms with E-state index in [9.17, 15) is 14.7 Å². The van der Waals surface area contributed by atoms with E-state index in [2.05, 4.69) is 0 Å². The molecule has 21 heavy (non-hydrogen) atoms. The van der Waals surface area contributed by atoms with Crippen molar-refractivity contribution in [2.75, 3.05) is 7.11 Å². The van der Waals surface area contributed by atoms with Crippen molar-refractivity contribution in [3.05, 3.63) is 46.4 Å². The summed E-state index contributed by atoms with van der Waals surface area (Å²) in [7, 11) is 1.37. The molecule has 3 rings (SSSR count). The summed E-state index contributed by atoms with van der Waals surface area (Å²) < 4.78 is 10.7. The quantitative estimate of drug-likeness (QED) is 0.800. The van der Waals surface area contributed by atoms with Gasteiger partial charge in [-0.1, -0.05) is 0 Å². The zero-order chi connectivity index (χ0) is 15.1. The Kier molecular flexibility index (Phi) is 3.05. The van der Waals surface area contributed by atoms with E-state index in [1.807, 2.05) is 0 Å². The molecule has 0 radical (unpaired) electrons. The van der Waals surface area contributed by atoms with Gasteiger partial charge in [-0.2, -0.15) is 0 Å². The van der Waals surface area contributed by atoms with Crippen molar-refractivity contribution in [1.29, 1.82) is 0 Å². The number of ketones is 2. The number of carbonyl (C=O) groups excluding carboxylic acids is 2. The fourth-order valence-electron chi connectivity index (χ4n) is 2.63. The molecule has 0 unspecified atom stereocenters. The second-order valence-electron chi connectivity index (χ2n) is 5.02. The van der Waals surface area contributed by atoms with E-state index in [4.69, 9.17) is 9.47 Å². The van der Waals surface area contributed by atoms with E-state index in [1.54, 1.807) is 19.1 Å². The Morgan fingerprint density at radius 3 is 2.67 bits per heavy atom. The maximum Gasteiger partial charge on any atom is 0.228 e. The van der Waals surface area contributed by atoms with Gasteiger partial charge in [0.1, 0.15) is 11.5 Å². The molecular formula is C16H14O5. The molecule has 1 N–H and O–H groups in total. The molecule has 2 aliphatic rings. The van der Waals surface area contributed by atoms with Crippen molar-refractivity contribution in [2.45, 2.75) is 19.8 Å². The van der Waals surface area contributed by atoms with Crippen molar-refractivity contribution >= 4 is 11.6 Å². The van der Waals surface area contributed by atoms with Crippen LogP contribution in [0.2, 0.25) is 0 Å². The Bertz CT molecular complexity index is 724. The number of carbonyl (C=O) groups is 2. The normalized spacial score (nSPS) is 18.0. The molecule has 1 aromatic rings. The average Bonchev–Trinajstić information content (AvgIpc) is 2.65. The van der Waals surface area contributed by atoms with Gasteiger partial charge in [-0.15, -0.1) is 0 Å². The van der Waals surface area contributed by atoms with Gasteiger partial charge in [0.15, 0.2) is 11.5 Å². The van der Waals surface area contributed by atoms with Crippen LogP contribution in [-0.2, 0) is 20.7 Å². The monoisotopic (exact) mass is 286 g/mol. The highest BCUT2D eigenvalue weighted by Crippen LogP contribution is 2.36. The summed E-state index contributed by atoms with van der Waals surface area (Å²) in [6, 6.07) is 4.67. The summed E-state index contributed by atoms with van der Waals surface area (Å²) in [6.45, 7) is 1.55. The summed E-state index contributed by atoms with van der Waals surface area (Å²) in [4.78, 5) is 24.8. The third kappa shape index (κ3) is 2.01. The number of allylic oxidation sites excluding steroid dienone is 2. The molecule has 1 aromatic carbocycles. The average molecular weight is 286 g/mol. The highest BCUT2D eigenvalue weighted by Gasteiger charge is 2.36. The lowest BCUT2D eigenvalue weighted by Gasteiger charge is -2.19. The summed E-state index contributed by atoms with van der Waals surface area (Å²) in [6.07, 6.45) is 0.883. The maximum atomic E-state index is 12.4. The molecule has 0 saturated heterocycles. The first-order valence-electron chi connectivity index (χ1n) is 6.60. The number of hydrogen-bond acceptors (Lipinski definition) is 5. The van der Waals surface area contributed by atoms with Crippen LogP contribution in [0.15, 0.2) is 40.9 Å². The van der Waals surface area contributed by atoms with Crippen LogP contribution >= 0.6 is 0 Å². The van der Waals surface area contributed by atoms with Gasteiger partial charge in [0, 0.05) is 5.57 Å². The molecule has 0 aromatic heterocycles. The van der Waals surface area contributed by atoms with Gasteiger partial charge in [-0.25, -0.2) is 0 Å². The lowest BCUT2D eigenvalue weighted by molar-refractivity contribution is -0.120. The van der Waals surface area contributed by atoms with Gasteiger partial charge in [-0.3, -0.25) is 9.59 Å². The Morgan fingerprint density at radius 1 is 1.19 bits per heavy atom. The first kappa shape index (κ1) is 13.4. The second-order valence-corrected chi connectivity index (χ2v) is 5.02. The van der Waals surface area contributed by atoms with Crippen LogP contribution in [0, 0.1) is 0 Å². The Labute approximate surface area is 121 Å². The predicted molar refractivity (Wildman–Crippen MR) is 73.8 cm³/mol. The molecule has 0 amide bonds. The lowest BCUT2D eigenvalue weighted by Crippen LogP contribution is -2.26. The number of benzene rings is 1. The number of Topliss-reactive ketones (excluding diaryl/α,β-unsaturated/α-hetero) is 2. The minimum Gasteiger partial charge on any atom is -0.508 e. The SMILES string of the molecule is COC1=C(C)C(=O)C2=C(CCc3cc(O)ccc3O2)C1=O. The molecule has 5 nitrogen and oxygen atoms in total. The molecule has 0 bridgehead atoms. The van der Waals surface area contributed by atoms with E-state index in [1.165, 1.54) is 13.2 Å². The maximum absolute atomic E-state index is 12.4. The number of rotatable bonds is 1. The fourth-order valence-corrected chi connectivity index (χ4v) is 2.63. The molecule has 108 valence electrons. The second kappa shape index (κ2) is 4.77. The standard InChI is InChI=1S/C16H14O5/c1-8-13(18)16-11(14(19)15(8)20-2)5-3-9-7-10(17)4-6-12(9)21-16/h4,6-7,17H,3,5H2,1-2H3. The van der Waals surface area contributed by atoms with E-state index in [0.717, 1.165) is 5.56 Å². The van der Waals surface area contributed by atoms with Gasteiger partial charge in [0.25, 0.3) is 0 Å². The number of fused-ring (bicyclic) bond motifs is 1. The Hall–Kier alpha value is -2.56. The molecule has 1 aliphatic heterocycles. The van der Waals surface area contributed by atoms with E-state index in [-0.39, 0.29) is 34.4 Å². The molecule has 0 atom stereocenters. The lowest BCUT2D eigenvalue weighted by atomic mass is 9.91. The van der Waals surface area contributed by atoms with Crippen LogP contribution in [0.1, 0.15) is 18.9 Å². The molecule has 0 spiro atoms. The number of aromatic hydroxyl groups is 1. The minimum absolute atomic E-state index is 0.0720. The van der Waals surface area contributed by atoms with Crippen LogP contribution < -0.4 is 4.74 Å². The zero-order valence-electron chi connectivity index (χ0n) is 11.7. The van der Waals surface area contributed by atoms with Gasteiger partial charge in [-0.05, 0) is 43.5 Å². The Morgan fingerprint density at radius 2 is 1.95 bits per heavy atom. The van der Waals surface area contributed by atoms with Gasteiger partial charge in [0.05, 0.1) is 12.7 Å².